The normalized spacial score (nSPS) is 16.3. The second-order valence-electron chi connectivity index (χ2n) is 27.4. The van der Waals surface area contributed by atoms with Crippen LogP contribution in [0.1, 0.15) is 112 Å². The molecule has 2 heterocycles. The highest BCUT2D eigenvalue weighted by Gasteiger charge is 2.42. The first-order valence-electron chi connectivity index (χ1n) is 31.2. The van der Waals surface area contributed by atoms with Gasteiger partial charge >= 0.3 is 0 Å². The van der Waals surface area contributed by atoms with Crippen molar-refractivity contribution in [3.8, 4) is 123 Å². The van der Waals surface area contributed by atoms with Crippen LogP contribution >= 0.6 is 23.5 Å². The molecule has 1 atom stereocenters. The van der Waals surface area contributed by atoms with Crippen molar-refractivity contribution in [2.75, 3.05) is 0 Å². The predicted molar refractivity (Wildman–Crippen MR) is 372 cm³/mol. The Morgan fingerprint density at radius 1 is 0.322 bits per heavy atom. The Labute approximate surface area is 533 Å². The van der Waals surface area contributed by atoms with Crippen molar-refractivity contribution in [2.24, 2.45) is 0 Å². The lowest BCUT2D eigenvalue weighted by molar-refractivity contribution is 0.242. The molecule has 4 aliphatic carbocycles. The Balaban J connectivity index is 0.645. The van der Waals surface area contributed by atoms with Gasteiger partial charge in [0, 0.05) is 38.5 Å². The summed E-state index contributed by atoms with van der Waals surface area (Å²) >= 11 is 2.53. The van der Waals surface area contributed by atoms with Crippen LogP contribution in [-0.4, -0.2) is 23.6 Å². The van der Waals surface area contributed by atoms with Crippen LogP contribution in [0.5, 0.6) is 5.75 Å². The van der Waals surface area contributed by atoms with Crippen molar-refractivity contribution in [1.82, 2.24) is 17.5 Å². The highest BCUT2D eigenvalue weighted by molar-refractivity contribution is 7.00. The molecule has 90 heavy (non-hydrogen) atoms. The van der Waals surface area contributed by atoms with Gasteiger partial charge in [-0.1, -0.05) is 187 Å². The fourth-order valence-electron chi connectivity index (χ4n) is 15.8. The number of hydrogen-bond acceptors (Lipinski definition) is 8. The van der Waals surface area contributed by atoms with Gasteiger partial charge < -0.3 is 4.74 Å². The molecule has 0 N–H and O–H groups in total. The minimum absolute atomic E-state index is 0.0622. The molecule has 11 aromatic carbocycles. The Morgan fingerprint density at radius 3 is 0.922 bits per heavy atom. The van der Waals surface area contributed by atoms with Crippen LogP contribution in [-0.2, 0) is 21.7 Å². The molecule has 0 amide bonds. The van der Waals surface area contributed by atoms with Crippen molar-refractivity contribution < 1.29 is 4.74 Å². The van der Waals surface area contributed by atoms with E-state index in [1.165, 1.54) is 107 Å². The zero-order chi connectivity index (χ0) is 61.5. The first-order chi connectivity index (χ1) is 43.4. The predicted octanol–water partition coefficient (Wildman–Crippen LogP) is 21.5. The van der Waals surface area contributed by atoms with Crippen LogP contribution in [0.3, 0.4) is 0 Å². The average molecular weight is 1200 g/mol. The molecule has 8 heteroatoms. The Bertz CT molecular complexity index is 5340. The minimum Gasteiger partial charge on any atom is -0.491 e. The van der Waals surface area contributed by atoms with E-state index in [4.69, 9.17) is 22.2 Å². The lowest BCUT2D eigenvalue weighted by Crippen LogP contribution is -2.17. The van der Waals surface area contributed by atoms with Gasteiger partial charge in [0.2, 0.25) is 0 Å². The van der Waals surface area contributed by atoms with E-state index in [-0.39, 0.29) is 22.3 Å². The smallest absolute Gasteiger partial charge is 0.119 e. The lowest BCUT2D eigenvalue weighted by atomic mass is 9.79. The summed E-state index contributed by atoms with van der Waals surface area (Å²) in [7, 11) is 0. The van der Waals surface area contributed by atoms with Gasteiger partial charge in [-0.3, -0.25) is 0 Å². The van der Waals surface area contributed by atoms with Crippen molar-refractivity contribution in [3.63, 3.8) is 0 Å². The standard InChI is InChI=1S/C82H63N5OS2/c1-44(2)88-54-21-12-46(13-22-54)47-14-26-65-66-30-20-53(42-74(66)82(10,43-83)73(65)38-47)58-34-33-57(77-78(58)87-90-86-77)52-19-29-64-63-28-18-51(40-71(63)81(8,9)72(64)41-52)56-32-31-55(75-76(56)85-89-84-75)50-17-27-62-61-25-16-49(37-69(61)80(6,7)70(62)39-50)48-15-24-60-59-23-11-45(3)35-67(59)79(4,5)68(60)36-48/h11-42,44H,1-10H3. The van der Waals surface area contributed by atoms with Crippen molar-refractivity contribution in [2.45, 2.75) is 97.0 Å². The molecule has 2 aromatic heterocycles. The van der Waals surface area contributed by atoms with Gasteiger partial charge in [-0.15, -0.1) is 0 Å². The second-order valence-corrected chi connectivity index (χ2v) is 28.5. The van der Waals surface area contributed by atoms with Crippen LogP contribution < -0.4 is 4.74 Å². The van der Waals surface area contributed by atoms with Gasteiger partial charge in [-0.05, 0) is 216 Å². The Hall–Kier alpha value is -9.65. The number of hydrogen-bond donors (Lipinski definition) is 0. The first-order valence-corrected chi connectivity index (χ1v) is 32.7. The third kappa shape index (κ3) is 7.79. The molecule has 17 rings (SSSR count). The van der Waals surface area contributed by atoms with Gasteiger partial charge in [-0.2, -0.15) is 22.8 Å². The maximum absolute atomic E-state index is 11.0. The van der Waals surface area contributed by atoms with Gasteiger partial charge in [0.1, 0.15) is 33.2 Å². The van der Waals surface area contributed by atoms with E-state index in [0.29, 0.717) is 0 Å². The van der Waals surface area contributed by atoms with Gasteiger partial charge in [0.15, 0.2) is 0 Å². The van der Waals surface area contributed by atoms with Crippen LogP contribution in [0.4, 0.5) is 0 Å². The molecule has 4 aliphatic rings. The summed E-state index contributed by atoms with van der Waals surface area (Å²) in [4.78, 5) is 0. The molecule has 0 aliphatic heterocycles. The van der Waals surface area contributed by atoms with E-state index in [0.717, 1.165) is 106 Å². The number of benzene rings is 11. The Kier molecular flexibility index (Phi) is 11.6. The largest absolute Gasteiger partial charge is 0.491 e. The average Bonchev–Trinajstić information content (AvgIpc) is 1.59. The van der Waals surface area contributed by atoms with Crippen molar-refractivity contribution in [3.05, 3.63) is 244 Å². The van der Waals surface area contributed by atoms with Gasteiger partial charge in [0.05, 0.1) is 35.6 Å². The lowest BCUT2D eigenvalue weighted by Gasteiger charge is -2.24. The third-order valence-electron chi connectivity index (χ3n) is 20.8. The van der Waals surface area contributed by atoms with E-state index in [9.17, 15) is 5.26 Å². The summed E-state index contributed by atoms with van der Waals surface area (Å²) in [6.07, 6.45) is 0.102. The fourth-order valence-corrected chi connectivity index (χ4v) is 17.0. The number of aryl methyl sites for hydroxylation is 1. The van der Waals surface area contributed by atoms with Crippen LogP contribution in [0.25, 0.3) is 133 Å². The number of rotatable bonds is 8. The monoisotopic (exact) mass is 1200 g/mol. The highest BCUT2D eigenvalue weighted by atomic mass is 32.1. The summed E-state index contributed by atoms with van der Waals surface area (Å²) in [5.74, 6) is 0.844. The van der Waals surface area contributed by atoms with Gasteiger partial charge in [0.25, 0.3) is 0 Å². The molecule has 0 bridgehead atoms. The molecular weight excluding hydrogens is 1140 g/mol. The van der Waals surface area contributed by atoms with Gasteiger partial charge in [-0.25, -0.2) is 0 Å². The molecule has 0 spiro atoms. The molecule has 434 valence electrons. The van der Waals surface area contributed by atoms with Crippen molar-refractivity contribution >= 4 is 45.5 Å². The number of fused-ring (bicyclic) bond motifs is 14. The number of nitriles is 1. The topological polar surface area (TPSA) is 84.6 Å². The molecule has 6 nitrogen and oxygen atoms in total. The minimum atomic E-state index is -0.847. The fraction of sp³-hybridized carbons (Fsp3) is 0.183. The number of aromatic nitrogens is 4. The van der Waals surface area contributed by atoms with Crippen LogP contribution in [0.15, 0.2) is 194 Å². The summed E-state index contributed by atoms with van der Waals surface area (Å²) in [6, 6.07) is 74.9. The zero-order valence-electron chi connectivity index (χ0n) is 52.0. The number of nitrogens with zero attached hydrogens (tertiary/aromatic N) is 5. The third-order valence-corrected chi connectivity index (χ3v) is 21.8. The van der Waals surface area contributed by atoms with E-state index in [1.807, 2.05) is 26.0 Å². The highest BCUT2D eigenvalue weighted by Crippen LogP contribution is 2.56. The molecule has 0 saturated carbocycles. The molecule has 0 saturated heterocycles. The SMILES string of the molecule is Cc1ccc2c(c1)C(C)(C)c1cc(-c3ccc4c(c3)C(C)(C)c3cc(-c5ccc(-c6ccc7c(c6)C(C)(C)c6cc(-c8ccc(-c9ccc%10c(c9)C(C)(C#N)c9cc(-c%11ccc(OC(C)C)cc%11)ccc9-%10)c9nsnc89)ccc6-7)c6nsnc56)ccc3-4)ccc1-2. The quantitative estimate of drug-likeness (QED) is 0.151. The van der Waals surface area contributed by atoms with E-state index in [1.54, 1.807) is 0 Å². The molecule has 1 unspecified atom stereocenters. The number of ether oxygens (including phenoxy) is 1. The molecule has 0 fully saturated rings. The molecule has 13 aromatic rings. The van der Waals surface area contributed by atoms with E-state index in [2.05, 4.69) is 243 Å². The maximum Gasteiger partial charge on any atom is 0.119 e. The first kappa shape index (κ1) is 54.5. The van der Waals surface area contributed by atoms with Crippen LogP contribution in [0.2, 0.25) is 0 Å². The zero-order valence-corrected chi connectivity index (χ0v) is 53.6. The maximum atomic E-state index is 11.0. The van der Waals surface area contributed by atoms with Crippen molar-refractivity contribution in [1.29, 1.82) is 5.26 Å². The molecular formula is C82H63N5OS2. The second kappa shape index (κ2) is 19.2. The Morgan fingerprint density at radius 2 is 0.578 bits per heavy atom. The summed E-state index contributed by atoms with van der Waals surface area (Å²) in [6.45, 7) is 22.5. The summed E-state index contributed by atoms with van der Waals surface area (Å²) < 4.78 is 25.9. The van der Waals surface area contributed by atoms with E-state index < -0.39 is 5.41 Å². The summed E-state index contributed by atoms with van der Waals surface area (Å²) in [5.41, 5.74) is 36.9. The van der Waals surface area contributed by atoms with Crippen LogP contribution in [0, 0.1) is 18.3 Å². The summed E-state index contributed by atoms with van der Waals surface area (Å²) in [5, 5.41) is 11.0. The van der Waals surface area contributed by atoms with E-state index >= 15 is 0 Å². The molecule has 0 radical (unpaired) electrons.